The first-order valence-corrected chi connectivity index (χ1v) is 16.2. The van der Waals surface area contributed by atoms with E-state index < -0.39 is 29.1 Å². The highest BCUT2D eigenvalue weighted by molar-refractivity contribution is 6.05. The Morgan fingerprint density at radius 1 is 1.00 bits per heavy atom. The molecule has 2 aromatic rings. The molecule has 1 spiro atoms. The zero-order valence-corrected chi connectivity index (χ0v) is 26.9. The number of nitrogens with zero attached hydrogens (tertiary/aromatic N) is 3. The molecular weight excluding hydrogens is 566 g/mol. The minimum Gasteiger partial charge on any atom is -0.396 e. The number of unbranched alkanes of at least 4 members (excludes halogenated alkanes) is 1. The molecule has 5 rings (SSSR count). The van der Waals surface area contributed by atoms with E-state index >= 15 is 0 Å². The molecule has 3 aliphatic rings. The number of benzene rings is 2. The quantitative estimate of drug-likeness (QED) is 0.240. The second-order valence-electron chi connectivity index (χ2n) is 12.8. The number of hydrogen-bond acceptors (Lipinski definition) is 5. The monoisotopic (exact) mass is 613 g/mol. The number of carbonyl (C=O) groups excluding carboxylic acids is 3. The molecule has 3 heterocycles. The Kier molecular flexibility index (Phi) is 9.65. The Hall–Kier alpha value is -3.75. The molecule has 0 saturated carbocycles. The molecule has 3 saturated heterocycles. The Morgan fingerprint density at radius 3 is 2.31 bits per heavy atom. The molecule has 45 heavy (non-hydrogen) atoms. The molecule has 8 nitrogen and oxygen atoms in total. The summed E-state index contributed by atoms with van der Waals surface area (Å²) in [6, 6.07) is 14.8. The van der Waals surface area contributed by atoms with Crippen LogP contribution in [0.15, 0.2) is 73.8 Å². The van der Waals surface area contributed by atoms with Crippen LogP contribution >= 0.6 is 0 Å². The largest absolute Gasteiger partial charge is 0.396 e. The van der Waals surface area contributed by atoms with Gasteiger partial charge in [-0.2, -0.15) is 0 Å². The van der Waals surface area contributed by atoms with Crippen LogP contribution in [-0.2, 0) is 25.7 Å². The highest BCUT2D eigenvalue weighted by atomic mass is 16.5. The summed E-state index contributed by atoms with van der Waals surface area (Å²) in [4.78, 5) is 49.4. The topological polar surface area (TPSA) is 90.4 Å². The standard InChI is InChI=1S/C37H47N3O5/c1-6-21-38(25-28-17-10-9-11-18-28)33(42)29-30-34(43)40(23-12-13-24-41)32(37(30)20-19-36(29,8-3)45-37)35(44)39(22-7-2)31-26(4)15-14-16-27(31)5/h6-7,9-11,14-18,29-30,32,41H,1-2,8,12-13,19-25H2,3-5H3/t29-,30-,32?,36+,37?/m0/s1. The van der Waals surface area contributed by atoms with Gasteiger partial charge in [-0.1, -0.05) is 67.6 Å². The predicted molar refractivity (Wildman–Crippen MR) is 175 cm³/mol. The molecule has 0 aliphatic carbocycles. The number of likely N-dealkylation sites (tertiary alicyclic amines) is 1. The molecular formula is C37H47N3O5. The summed E-state index contributed by atoms with van der Waals surface area (Å²) in [6.45, 7) is 15.1. The highest BCUT2D eigenvalue weighted by Gasteiger charge is 2.79. The summed E-state index contributed by atoms with van der Waals surface area (Å²) in [6.07, 6.45) is 6.12. The molecule has 3 amide bonds. The van der Waals surface area contributed by atoms with Crippen molar-refractivity contribution in [1.82, 2.24) is 9.80 Å². The number of anilines is 1. The van der Waals surface area contributed by atoms with Gasteiger partial charge in [-0.3, -0.25) is 14.4 Å². The van der Waals surface area contributed by atoms with Crippen molar-refractivity contribution in [2.75, 3.05) is 31.1 Å². The normalized spacial score (nSPS) is 26.5. The highest BCUT2D eigenvalue weighted by Crippen LogP contribution is 2.64. The summed E-state index contributed by atoms with van der Waals surface area (Å²) in [7, 11) is 0. The molecule has 2 bridgehead atoms. The van der Waals surface area contributed by atoms with Crippen molar-refractivity contribution in [2.24, 2.45) is 11.8 Å². The van der Waals surface area contributed by atoms with E-state index in [1.54, 1.807) is 26.9 Å². The Balaban J connectivity index is 1.59. The van der Waals surface area contributed by atoms with Crippen molar-refractivity contribution < 1.29 is 24.2 Å². The molecule has 2 aromatic carbocycles. The van der Waals surface area contributed by atoms with E-state index in [2.05, 4.69) is 13.2 Å². The number of hydrogen-bond donors (Lipinski definition) is 1. The van der Waals surface area contributed by atoms with E-state index in [1.807, 2.05) is 69.3 Å². The number of aliphatic hydroxyl groups excluding tert-OH is 1. The summed E-state index contributed by atoms with van der Waals surface area (Å²) in [5.41, 5.74) is 1.71. The van der Waals surface area contributed by atoms with Gasteiger partial charge in [0.05, 0.1) is 17.4 Å². The van der Waals surface area contributed by atoms with Gasteiger partial charge < -0.3 is 24.5 Å². The average Bonchev–Trinajstić information content (AvgIpc) is 3.64. The molecule has 5 atom stereocenters. The lowest BCUT2D eigenvalue weighted by Crippen LogP contribution is -2.57. The van der Waals surface area contributed by atoms with Crippen LogP contribution in [0.5, 0.6) is 0 Å². The van der Waals surface area contributed by atoms with Crippen molar-refractivity contribution in [1.29, 1.82) is 0 Å². The molecule has 8 heteroatoms. The van der Waals surface area contributed by atoms with Gasteiger partial charge in [0.25, 0.3) is 5.91 Å². The Labute approximate surface area is 267 Å². The van der Waals surface area contributed by atoms with Crippen LogP contribution in [0, 0.1) is 25.7 Å². The van der Waals surface area contributed by atoms with Gasteiger partial charge >= 0.3 is 0 Å². The van der Waals surface area contributed by atoms with Gasteiger partial charge in [-0.05, 0) is 62.6 Å². The maximum Gasteiger partial charge on any atom is 0.253 e. The molecule has 3 aliphatic heterocycles. The van der Waals surface area contributed by atoms with Crippen LogP contribution in [-0.4, -0.2) is 76.1 Å². The third kappa shape index (κ3) is 5.52. The van der Waals surface area contributed by atoms with Crippen LogP contribution in [0.1, 0.15) is 55.7 Å². The first kappa shape index (κ1) is 32.6. The van der Waals surface area contributed by atoms with Crippen molar-refractivity contribution in [3.8, 4) is 0 Å². The van der Waals surface area contributed by atoms with Crippen LogP contribution in [0.4, 0.5) is 5.69 Å². The second-order valence-corrected chi connectivity index (χ2v) is 12.8. The molecule has 1 N–H and O–H groups in total. The summed E-state index contributed by atoms with van der Waals surface area (Å²) >= 11 is 0. The second kappa shape index (κ2) is 13.3. The first-order valence-electron chi connectivity index (χ1n) is 16.2. The van der Waals surface area contributed by atoms with Gasteiger partial charge in [0.2, 0.25) is 11.8 Å². The molecule has 2 unspecified atom stereocenters. The van der Waals surface area contributed by atoms with E-state index in [0.717, 1.165) is 22.4 Å². The van der Waals surface area contributed by atoms with E-state index in [1.165, 1.54) is 0 Å². The van der Waals surface area contributed by atoms with Crippen molar-refractivity contribution >= 4 is 23.4 Å². The Morgan fingerprint density at radius 2 is 1.69 bits per heavy atom. The zero-order valence-electron chi connectivity index (χ0n) is 26.9. The number of para-hydroxylation sites is 1. The van der Waals surface area contributed by atoms with Gasteiger partial charge in [0.1, 0.15) is 11.6 Å². The molecule has 3 fully saturated rings. The zero-order chi connectivity index (χ0) is 32.4. The number of ether oxygens (including phenoxy) is 1. The fourth-order valence-electron chi connectivity index (χ4n) is 8.20. The molecule has 0 aromatic heterocycles. The summed E-state index contributed by atoms with van der Waals surface area (Å²) in [5.74, 6) is -2.08. The lowest BCUT2D eigenvalue weighted by molar-refractivity contribution is -0.151. The van der Waals surface area contributed by atoms with Crippen LogP contribution in [0.3, 0.4) is 0 Å². The molecule has 240 valence electrons. The van der Waals surface area contributed by atoms with Gasteiger partial charge in [0.15, 0.2) is 0 Å². The number of amides is 3. The van der Waals surface area contributed by atoms with Crippen molar-refractivity contribution in [3.63, 3.8) is 0 Å². The Bertz CT molecular complexity index is 1420. The number of aryl methyl sites for hydroxylation is 2. The van der Waals surface area contributed by atoms with Crippen LogP contribution < -0.4 is 4.90 Å². The number of aliphatic hydroxyl groups is 1. The van der Waals surface area contributed by atoms with Crippen LogP contribution in [0.2, 0.25) is 0 Å². The minimum absolute atomic E-state index is 0.00718. The number of fused-ring (bicyclic) bond motifs is 1. The van der Waals surface area contributed by atoms with Crippen molar-refractivity contribution in [3.05, 3.63) is 90.5 Å². The summed E-state index contributed by atoms with van der Waals surface area (Å²) < 4.78 is 7.04. The third-order valence-corrected chi connectivity index (χ3v) is 10.2. The van der Waals surface area contributed by atoms with Gasteiger partial charge in [-0.25, -0.2) is 0 Å². The van der Waals surface area contributed by atoms with E-state index in [0.29, 0.717) is 51.7 Å². The van der Waals surface area contributed by atoms with Crippen molar-refractivity contribution in [2.45, 2.75) is 76.7 Å². The smallest absolute Gasteiger partial charge is 0.253 e. The average molecular weight is 614 g/mol. The fraction of sp³-hybridized carbons (Fsp3) is 0.486. The first-order chi connectivity index (χ1) is 21.7. The van der Waals surface area contributed by atoms with Gasteiger partial charge in [-0.15, -0.1) is 13.2 Å². The predicted octanol–water partition coefficient (Wildman–Crippen LogP) is 4.96. The molecule has 0 radical (unpaired) electrons. The third-order valence-electron chi connectivity index (χ3n) is 10.2. The van der Waals surface area contributed by atoms with E-state index in [9.17, 15) is 19.5 Å². The lowest BCUT2D eigenvalue weighted by atomic mass is 9.64. The maximum absolute atomic E-state index is 14.9. The van der Waals surface area contributed by atoms with E-state index in [-0.39, 0.29) is 30.9 Å². The lowest BCUT2D eigenvalue weighted by Gasteiger charge is -2.37. The maximum atomic E-state index is 14.9. The number of rotatable bonds is 14. The van der Waals surface area contributed by atoms with Crippen LogP contribution in [0.25, 0.3) is 0 Å². The number of carbonyl (C=O) groups is 3. The SMILES string of the molecule is C=CCN(Cc1ccccc1)C(=O)[C@@H]1[C@H]2C(=O)N(CCCCO)C(C(=O)N(CC=C)c3c(C)cccc3C)C23CC[C@@]1(CC)O3. The fourth-order valence-corrected chi connectivity index (χ4v) is 8.20. The van der Waals surface area contributed by atoms with Gasteiger partial charge in [0, 0.05) is 38.5 Å². The van der Waals surface area contributed by atoms with E-state index in [4.69, 9.17) is 4.74 Å². The minimum atomic E-state index is -1.13. The summed E-state index contributed by atoms with van der Waals surface area (Å²) in [5, 5.41) is 9.55.